The van der Waals surface area contributed by atoms with Crippen molar-refractivity contribution >= 4 is 43.6 Å². The lowest BCUT2D eigenvalue weighted by Crippen LogP contribution is -2.03. The van der Waals surface area contributed by atoms with Gasteiger partial charge in [-0.25, -0.2) is 9.97 Å². The molecule has 0 radical (unpaired) electrons. The Hall–Kier alpha value is -6.00. The molecule has 0 aliphatic heterocycles. The SMILES string of the molecule is c1ccc(-n2c3ccccc3c3cc(-c4ccc5c6ccccc6n(-c6ncnc7c6Cc6ccccc6-7)c5c4)ccc32)cc1. The van der Waals surface area contributed by atoms with E-state index in [2.05, 4.69) is 149 Å². The van der Waals surface area contributed by atoms with Crippen LogP contribution >= 0.6 is 0 Å². The number of rotatable bonds is 3. The standard InChI is InChI=1S/C41H26N4/c1-2-11-29(12-3-1)44-36-16-8-7-15-32(36)34-22-26(19-21-38(34)44)27-18-20-33-31-14-6-9-17-37(31)45(39(33)24-27)41-35-23-28-10-4-5-13-30(28)40(35)42-25-43-41/h1-22,24-25H,23H2. The molecule has 9 aromatic rings. The fraction of sp³-hybridized carbons (Fsp3) is 0.0244. The third kappa shape index (κ3) is 3.48. The molecule has 0 spiro atoms. The number of fused-ring (bicyclic) bond motifs is 9. The third-order valence-corrected chi connectivity index (χ3v) is 9.47. The van der Waals surface area contributed by atoms with E-state index in [1.165, 1.54) is 66.1 Å². The van der Waals surface area contributed by atoms with E-state index < -0.39 is 0 Å². The van der Waals surface area contributed by atoms with Crippen molar-refractivity contribution in [1.82, 2.24) is 19.1 Å². The molecule has 10 rings (SSSR count). The molecule has 6 aromatic carbocycles. The Morgan fingerprint density at radius 1 is 0.467 bits per heavy atom. The lowest BCUT2D eigenvalue weighted by molar-refractivity contribution is 1.00. The van der Waals surface area contributed by atoms with Crippen LogP contribution in [0.5, 0.6) is 0 Å². The minimum atomic E-state index is 0.831. The second-order valence-electron chi connectivity index (χ2n) is 11.9. The molecule has 1 aliphatic rings. The van der Waals surface area contributed by atoms with Crippen molar-refractivity contribution in [3.05, 3.63) is 157 Å². The van der Waals surface area contributed by atoms with E-state index in [0.29, 0.717) is 0 Å². The van der Waals surface area contributed by atoms with E-state index in [4.69, 9.17) is 9.97 Å². The van der Waals surface area contributed by atoms with Gasteiger partial charge in [0.15, 0.2) is 0 Å². The topological polar surface area (TPSA) is 35.6 Å². The number of aromatic nitrogens is 4. The second-order valence-corrected chi connectivity index (χ2v) is 11.9. The Morgan fingerprint density at radius 2 is 1.11 bits per heavy atom. The molecule has 4 nitrogen and oxygen atoms in total. The highest BCUT2D eigenvalue weighted by Crippen LogP contribution is 2.41. The highest BCUT2D eigenvalue weighted by molar-refractivity contribution is 6.12. The summed E-state index contributed by atoms with van der Waals surface area (Å²) in [5.74, 6) is 0.959. The van der Waals surface area contributed by atoms with Gasteiger partial charge in [0, 0.05) is 44.8 Å². The van der Waals surface area contributed by atoms with Crippen LogP contribution in [0.25, 0.3) is 77.5 Å². The zero-order chi connectivity index (χ0) is 29.5. The van der Waals surface area contributed by atoms with E-state index in [0.717, 1.165) is 29.0 Å². The van der Waals surface area contributed by atoms with Crippen molar-refractivity contribution in [3.63, 3.8) is 0 Å². The van der Waals surface area contributed by atoms with Crippen molar-refractivity contribution in [2.24, 2.45) is 0 Å². The average Bonchev–Trinajstić information content (AvgIpc) is 3.76. The summed E-state index contributed by atoms with van der Waals surface area (Å²) in [4.78, 5) is 9.68. The van der Waals surface area contributed by atoms with E-state index in [9.17, 15) is 0 Å². The summed E-state index contributed by atoms with van der Waals surface area (Å²) in [5.41, 5.74) is 13.0. The van der Waals surface area contributed by atoms with Crippen molar-refractivity contribution in [1.29, 1.82) is 0 Å². The van der Waals surface area contributed by atoms with Crippen LogP contribution in [0.3, 0.4) is 0 Å². The van der Waals surface area contributed by atoms with Gasteiger partial charge in [-0.05, 0) is 59.2 Å². The molecule has 0 N–H and O–H groups in total. The summed E-state index contributed by atoms with van der Waals surface area (Å²) in [7, 11) is 0. The average molecular weight is 575 g/mol. The molecule has 4 heteroatoms. The molecule has 0 atom stereocenters. The van der Waals surface area contributed by atoms with Crippen LogP contribution in [0.1, 0.15) is 11.1 Å². The van der Waals surface area contributed by atoms with Crippen LogP contribution in [0.15, 0.2) is 146 Å². The van der Waals surface area contributed by atoms with Crippen LogP contribution < -0.4 is 0 Å². The summed E-state index contributed by atoms with van der Waals surface area (Å²) >= 11 is 0. The lowest BCUT2D eigenvalue weighted by Gasteiger charge is -2.12. The third-order valence-electron chi connectivity index (χ3n) is 9.47. The molecule has 3 aromatic heterocycles. The zero-order valence-corrected chi connectivity index (χ0v) is 24.4. The number of para-hydroxylation sites is 3. The van der Waals surface area contributed by atoms with Gasteiger partial charge < -0.3 is 4.57 Å². The van der Waals surface area contributed by atoms with Crippen molar-refractivity contribution in [3.8, 4) is 33.9 Å². The molecule has 45 heavy (non-hydrogen) atoms. The lowest BCUT2D eigenvalue weighted by atomic mass is 10.0. The van der Waals surface area contributed by atoms with Crippen molar-refractivity contribution in [2.45, 2.75) is 6.42 Å². The fourth-order valence-electron chi connectivity index (χ4n) is 7.47. The highest BCUT2D eigenvalue weighted by atomic mass is 15.1. The summed E-state index contributed by atoms with van der Waals surface area (Å²) in [5, 5.41) is 4.95. The van der Waals surface area contributed by atoms with E-state index in [-0.39, 0.29) is 0 Å². The van der Waals surface area contributed by atoms with Gasteiger partial charge in [-0.3, -0.25) is 4.57 Å². The normalized spacial score (nSPS) is 12.4. The van der Waals surface area contributed by atoms with Crippen LogP contribution in [0, 0.1) is 0 Å². The van der Waals surface area contributed by atoms with E-state index in [1.807, 2.05) is 0 Å². The molecule has 0 saturated carbocycles. The predicted molar refractivity (Wildman–Crippen MR) is 184 cm³/mol. The summed E-state index contributed by atoms with van der Waals surface area (Å²) in [6.07, 6.45) is 2.55. The van der Waals surface area contributed by atoms with Crippen LogP contribution in [0.4, 0.5) is 0 Å². The monoisotopic (exact) mass is 574 g/mol. The molecule has 0 amide bonds. The number of benzene rings is 6. The maximum Gasteiger partial charge on any atom is 0.145 e. The Labute approximate surface area is 259 Å². The number of hydrogen-bond acceptors (Lipinski definition) is 2. The largest absolute Gasteiger partial charge is 0.309 e. The fourth-order valence-corrected chi connectivity index (χ4v) is 7.47. The van der Waals surface area contributed by atoms with Gasteiger partial charge in [-0.2, -0.15) is 0 Å². The van der Waals surface area contributed by atoms with Gasteiger partial charge in [-0.15, -0.1) is 0 Å². The van der Waals surface area contributed by atoms with E-state index in [1.54, 1.807) is 6.33 Å². The first-order chi connectivity index (χ1) is 22.3. The minimum Gasteiger partial charge on any atom is -0.309 e. The summed E-state index contributed by atoms with van der Waals surface area (Å²) < 4.78 is 4.71. The Balaban J connectivity index is 1.21. The first-order valence-corrected chi connectivity index (χ1v) is 15.4. The van der Waals surface area contributed by atoms with Crippen molar-refractivity contribution < 1.29 is 0 Å². The molecule has 210 valence electrons. The quantitative estimate of drug-likeness (QED) is 0.211. The smallest absolute Gasteiger partial charge is 0.145 e. The molecule has 0 unspecified atom stereocenters. The summed E-state index contributed by atoms with van der Waals surface area (Å²) in [6.45, 7) is 0. The number of hydrogen-bond donors (Lipinski definition) is 0. The summed E-state index contributed by atoms with van der Waals surface area (Å²) in [6, 6.07) is 50.3. The highest BCUT2D eigenvalue weighted by Gasteiger charge is 2.26. The van der Waals surface area contributed by atoms with Crippen LogP contribution in [0.2, 0.25) is 0 Å². The first-order valence-electron chi connectivity index (χ1n) is 15.4. The van der Waals surface area contributed by atoms with Gasteiger partial charge >= 0.3 is 0 Å². The second kappa shape index (κ2) is 9.25. The first kappa shape index (κ1) is 24.4. The van der Waals surface area contributed by atoms with Gasteiger partial charge in [-0.1, -0.05) is 97.1 Å². The zero-order valence-electron chi connectivity index (χ0n) is 24.4. The Kier molecular flexibility index (Phi) is 5.02. The molecular weight excluding hydrogens is 548 g/mol. The van der Waals surface area contributed by atoms with E-state index >= 15 is 0 Å². The molecule has 3 heterocycles. The Bertz CT molecular complexity index is 2620. The van der Waals surface area contributed by atoms with Gasteiger partial charge in [0.2, 0.25) is 0 Å². The molecule has 0 saturated heterocycles. The minimum absolute atomic E-state index is 0.831. The van der Waals surface area contributed by atoms with Gasteiger partial charge in [0.05, 0.1) is 27.8 Å². The van der Waals surface area contributed by atoms with Gasteiger partial charge in [0.25, 0.3) is 0 Å². The van der Waals surface area contributed by atoms with Crippen LogP contribution in [-0.4, -0.2) is 19.1 Å². The molecule has 1 aliphatic carbocycles. The van der Waals surface area contributed by atoms with Crippen molar-refractivity contribution in [2.75, 3.05) is 0 Å². The maximum atomic E-state index is 4.93. The number of nitrogens with zero attached hydrogens (tertiary/aromatic N) is 4. The predicted octanol–water partition coefficient (Wildman–Crippen LogP) is 9.91. The van der Waals surface area contributed by atoms with Crippen LogP contribution in [-0.2, 0) is 6.42 Å². The maximum absolute atomic E-state index is 4.93. The molecule has 0 fully saturated rings. The van der Waals surface area contributed by atoms with Gasteiger partial charge in [0.1, 0.15) is 12.1 Å². The Morgan fingerprint density at radius 3 is 1.98 bits per heavy atom. The molecular formula is C41H26N4. The molecule has 0 bridgehead atoms.